The van der Waals surface area contributed by atoms with Gasteiger partial charge in [0, 0.05) is 0 Å². The average Bonchev–Trinajstić information content (AvgIpc) is 2.46. The third kappa shape index (κ3) is 7.36. The lowest BCUT2D eigenvalue weighted by Gasteiger charge is -2.05. The summed E-state index contributed by atoms with van der Waals surface area (Å²) in [5.74, 6) is -0.560. The highest BCUT2D eigenvalue weighted by Crippen LogP contribution is 2.17. The first-order valence-corrected chi connectivity index (χ1v) is 9.65. The number of hydrogen-bond donors (Lipinski definition) is 1. The Morgan fingerprint density at radius 3 is 2.00 bits per heavy atom. The molecule has 5 heteroatoms. The van der Waals surface area contributed by atoms with E-state index >= 15 is 0 Å². The zero-order valence-corrected chi connectivity index (χ0v) is 14.2. The van der Waals surface area contributed by atoms with E-state index in [2.05, 4.69) is 6.92 Å². The van der Waals surface area contributed by atoms with Crippen LogP contribution in [0.25, 0.3) is 0 Å². The summed E-state index contributed by atoms with van der Waals surface area (Å²) in [6.45, 7) is 2.21. The molecule has 0 amide bonds. The summed E-state index contributed by atoms with van der Waals surface area (Å²) in [7, 11) is -4.32. The van der Waals surface area contributed by atoms with E-state index in [1.807, 2.05) is 0 Å². The van der Waals surface area contributed by atoms with Gasteiger partial charge in [0.25, 0.3) is 10.1 Å². The first-order chi connectivity index (χ1) is 10.4. The van der Waals surface area contributed by atoms with Crippen molar-refractivity contribution in [1.82, 2.24) is 0 Å². The summed E-state index contributed by atoms with van der Waals surface area (Å²) in [5, 5.41) is 0. The Morgan fingerprint density at radius 1 is 0.955 bits per heavy atom. The minimum absolute atomic E-state index is 0.388. The van der Waals surface area contributed by atoms with Gasteiger partial charge in [-0.15, -0.1) is 0 Å². The van der Waals surface area contributed by atoms with Crippen LogP contribution in [0, 0.1) is 5.82 Å². The molecule has 1 aromatic rings. The van der Waals surface area contributed by atoms with Gasteiger partial charge in [0.2, 0.25) is 0 Å². The van der Waals surface area contributed by atoms with Gasteiger partial charge in [-0.25, -0.2) is 4.39 Å². The Morgan fingerprint density at radius 2 is 1.50 bits per heavy atom. The van der Waals surface area contributed by atoms with Crippen LogP contribution in [0.1, 0.15) is 70.3 Å². The minimum atomic E-state index is -4.32. The summed E-state index contributed by atoms with van der Waals surface area (Å²) in [5.41, 5.74) is 0.510. The molecule has 0 aliphatic carbocycles. The zero-order valence-electron chi connectivity index (χ0n) is 13.4. The Labute approximate surface area is 133 Å². The number of aryl methyl sites for hydroxylation is 1. The lowest BCUT2D eigenvalue weighted by atomic mass is 10.0. The predicted molar refractivity (Wildman–Crippen MR) is 87.1 cm³/mol. The average molecular weight is 330 g/mol. The molecular weight excluding hydrogens is 303 g/mol. The third-order valence-electron chi connectivity index (χ3n) is 3.87. The van der Waals surface area contributed by atoms with Gasteiger partial charge in [0.05, 0.1) is 4.90 Å². The third-order valence-corrected chi connectivity index (χ3v) is 4.72. The van der Waals surface area contributed by atoms with Crippen LogP contribution in [0.5, 0.6) is 0 Å². The number of benzene rings is 1. The van der Waals surface area contributed by atoms with E-state index in [9.17, 15) is 12.8 Å². The molecule has 22 heavy (non-hydrogen) atoms. The topological polar surface area (TPSA) is 54.4 Å². The Bertz CT molecular complexity index is 541. The molecule has 0 spiro atoms. The van der Waals surface area contributed by atoms with Gasteiger partial charge in [-0.1, -0.05) is 64.4 Å². The molecular formula is C17H27FO3S. The Hall–Kier alpha value is -0.940. The van der Waals surface area contributed by atoms with Crippen LogP contribution in [0.4, 0.5) is 4.39 Å². The largest absolute Gasteiger partial charge is 0.294 e. The second-order valence-electron chi connectivity index (χ2n) is 5.81. The van der Waals surface area contributed by atoms with E-state index in [0.717, 1.165) is 25.3 Å². The van der Waals surface area contributed by atoms with Crippen molar-refractivity contribution in [2.75, 3.05) is 0 Å². The molecule has 126 valence electrons. The zero-order chi connectivity index (χ0) is 16.4. The van der Waals surface area contributed by atoms with Crippen LogP contribution < -0.4 is 0 Å². The Kier molecular flexibility index (Phi) is 8.64. The molecule has 1 rings (SSSR count). The van der Waals surface area contributed by atoms with E-state index < -0.39 is 15.9 Å². The number of hydrogen-bond acceptors (Lipinski definition) is 2. The molecule has 0 unspecified atom stereocenters. The molecule has 0 atom stereocenters. The molecule has 3 nitrogen and oxygen atoms in total. The minimum Gasteiger partial charge on any atom is -0.282 e. The highest BCUT2D eigenvalue weighted by Gasteiger charge is 2.12. The van der Waals surface area contributed by atoms with Gasteiger partial charge in [0.15, 0.2) is 0 Å². The molecule has 0 saturated carbocycles. The van der Waals surface area contributed by atoms with E-state index in [1.54, 1.807) is 0 Å². The van der Waals surface area contributed by atoms with Crippen molar-refractivity contribution < 1.29 is 17.4 Å². The van der Waals surface area contributed by atoms with Gasteiger partial charge in [0.1, 0.15) is 5.82 Å². The standard InChI is InChI=1S/C17H27FO3S/c1-2-3-4-5-6-7-8-9-10-11-15-12-13-16(14-17(15)18)22(19,20)21/h12-14H,2-11H2,1H3,(H,19,20,21). The molecule has 0 saturated heterocycles. The van der Waals surface area contributed by atoms with Crippen molar-refractivity contribution in [3.8, 4) is 0 Å². The predicted octanol–water partition coefficient (Wildman–Crippen LogP) is 5.15. The van der Waals surface area contributed by atoms with E-state index in [1.165, 1.54) is 50.7 Å². The summed E-state index contributed by atoms with van der Waals surface area (Å²) < 4.78 is 44.4. The van der Waals surface area contributed by atoms with Crippen molar-refractivity contribution in [3.63, 3.8) is 0 Å². The van der Waals surface area contributed by atoms with E-state index in [-0.39, 0.29) is 4.90 Å². The maximum Gasteiger partial charge on any atom is 0.294 e. The van der Waals surface area contributed by atoms with Crippen LogP contribution >= 0.6 is 0 Å². The molecule has 0 heterocycles. The molecule has 0 fully saturated rings. The maximum atomic E-state index is 13.8. The van der Waals surface area contributed by atoms with Crippen LogP contribution in [0.3, 0.4) is 0 Å². The maximum absolute atomic E-state index is 13.8. The fourth-order valence-electron chi connectivity index (χ4n) is 2.52. The summed E-state index contributed by atoms with van der Waals surface area (Å²) in [6.07, 6.45) is 11.4. The monoisotopic (exact) mass is 330 g/mol. The highest BCUT2D eigenvalue weighted by molar-refractivity contribution is 7.85. The summed E-state index contributed by atoms with van der Waals surface area (Å²) >= 11 is 0. The normalized spacial score (nSPS) is 11.8. The second-order valence-corrected chi connectivity index (χ2v) is 7.23. The molecule has 0 radical (unpaired) electrons. The van der Waals surface area contributed by atoms with Gasteiger partial charge >= 0.3 is 0 Å². The molecule has 1 aromatic carbocycles. The van der Waals surface area contributed by atoms with Crippen molar-refractivity contribution >= 4 is 10.1 Å². The first-order valence-electron chi connectivity index (χ1n) is 8.21. The fourth-order valence-corrected chi connectivity index (χ4v) is 3.01. The smallest absolute Gasteiger partial charge is 0.282 e. The highest BCUT2D eigenvalue weighted by atomic mass is 32.2. The van der Waals surface area contributed by atoms with Gasteiger partial charge in [-0.2, -0.15) is 8.42 Å². The molecule has 0 bridgehead atoms. The number of rotatable bonds is 11. The first kappa shape index (κ1) is 19.1. The lowest BCUT2D eigenvalue weighted by molar-refractivity contribution is 0.481. The molecule has 0 aromatic heterocycles. The van der Waals surface area contributed by atoms with Crippen LogP contribution in [-0.4, -0.2) is 13.0 Å². The van der Waals surface area contributed by atoms with E-state index in [0.29, 0.717) is 12.0 Å². The van der Waals surface area contributed by atoms with Crippen molar-refractivity contribution in [3.05, 3.63) is 29.6 Å². The van der Waals surface area contributed by atoms with Gasteiger partial charge in [-0.3, -0.25) is 4.55 Å². The second kappa shape index (κ2) is 9.95. The Balaban J connectivity index is 2.23. The SMILES string of the molecule is CCCCCCCCCCCc1ccc(S(=O)(=O)O)cc1F. The molecule has 1 N–H and O–H groups in total. The number of unbranched alkanes of at least 4 members (excludes halogenated alkanes) is 8. The number of halogens is 1. The van der Waals surface area contributed by atoms with Crippen molar-refractivity contribution in [2.24, 2.45) is 0 Å². The van der Waals surface area contributed by atoms with Crippen molar-refractivity contribution in [1.29, 1.82) is 0 Å². The quantitative estimate of drug-likeness (QED) is 0.451. The van der Waals surface area contributed by atoms with Crippen LogP contribution in [0.2, 0.25) is 0 Å². The summed E-state index contributed by atoms with van der Waals surface area (Å²) in [4.78, 5) is -0.388. The van der Waals surface area contributed by atoms with Crippen LogP contribution in [-0.2, 0) is 16.5 Å². The molecule has 0 aliphatic rings. The fraction of sp³-hybridized carbons (Fsp3) is 0.647. The lowest BCUT2D eigenvalue weighted by Crippen LogP contribution is -2.00. The van der Waals surface area contributed by atoms with Crippen molar-refractivity contribution in [2.45, 2.75) is 76.0 Å². The van der Waals surface area contributed by atoms with Gasteiger partial charge in [-0.05, 0) is 30.5 Å². The van der Waals surface area contributed by atoms with E-state index in [4.69, 9.17) is 4.55 Å². The van der Waals surface area contributed by atoms with Crippen LogP contribution in [0.15, 0.2) is 23.1 Å². The van der Waals surface area contributed by atoms with Gasteiger partial charge < -0.3 is 0 Å². The summed E-state index contributed by atoms with van der Waals surface area (Å²) in [6, 6.07) is 3.59. The molecule has 0 aliphatic heterocycles.